The number of carbonyl (C=O) groups is 1. The summed E-state index contributed by atoms with van der Waals surface area (Å²) in [5.41, 5.74) is 2.34. The molecule has 4 rings (SSSR count). The fraction of sp³-hybridized carbons (Fsp3) is 0.143. The number of aromatic nitrogens is 2. The van der Waals surface area contributed by atoms with Crippen molar-refractivity contribution in [3.05, 3.63) is 60.4 Å². The van der Waals surface area contributed by atoms with Crippen molar-refractivity contribution < 1.29 is 13.9 Å². The monoisotopic (exact) mass is 363 g/mol. The number of halogens is 1. The molecular formula is C21H18FN3O2. The second kappa shape index (κ2) is 7.17. The van der Waals surface area contributed by atoms with Crippen molar-refractivity contribution >= 4 is 33.3 Å². The third-order valence-electron chi connectivity index (χ3n) is 4.48. The molecular weight excluding hydrogens is 345 g/mol. The van der Waals surface area contributed by atoms with E-state index >= 15 is 0 Å². The van der Waals surface area contributed by atoms with Gasteiger partial charge in [0.25, 0.3) is 0 Å². The molecule has 0 atom stereocenters. The Hall–Kier alpha value is -3.25. The maximum Gasteiger partial charge on any atom is 0.226 e. The van der Waals surface area contributed by atoms with Gasteiger partial charge in [-0.1, -0.05) is 36.4 Å². The van der Waals surface area contributed by atoms with Crippen molar-refractivity contribution in [2.45, 2.75) is 6.42 Å². The minimum atomic E-state index is -0.512. The summed E-state index contributed by atoms with van der Waals surface area (Å²) < 4.78 is 19.2. The Balaban J connectivity index is 1.75. The van der Waals surface area contributed by atoms with Crippen LogP contribution in [0, 0.1) is 5.82 Å². The number of fused-ring (bicyclic) bond motifs is 2. The third-order valence-corrected chi connectivity index (χ3v) is 4.48. The molecule has 1 amide bonds. The Kier molecular flexibility index (Phi) is 4.56. The fourth-order valence-electron chi connectivity index (χ4n) is 3.10. The first-order valence-corrected chi connectivity index (χ1v) is 8.61. The molecule has 0 radical (unpaired) electrons. The Morgan fingerprint density at radius 2 is 1.96 bits per heavy atom. The summed E-state index contributed by atoms with van der Waals surface area (Å²) in [4.78, 5) is 11.9. The normalized spacial score (nSPS) is 11.2. The van der Waals surface area contributed by atoms with Crippen molar-refractivity contribution in [2.24, 2.45) is 0 Å². The van der Waals surface area contributed by atoms with Crippen LogP contribution in [0.5, 0.6) is 0 Å². The molecule has 5 nitrogen and oxygen atoms in total. The van der Waals surface area contributed by atoms with E-state index in [9.17, 15) is 9.18 Å². The zero-order valence-electron chi connectivity index (χ0n) is 14.8. The first-order valence-electron chi connectivity index (χ1n) is 8.61. The molecule has 136 valence electrons. The van der Waals surface area contributed by atoms with Gasteiger partial charge in [-0.25, -0.2) is 4.39 Å². The van der Waals surface area contributed by atoms with Crippen LogP contribution in [0.2, 0.25) is 0 Å². The molecule has 1 heterocycles. The molecule has 0 aliphatic heterocycles. The lowest BCUT2D eigenvalue weighted by Gasteiger charge is -2.07. The Labute approximate surface area is 155 Å². The number of hydrogen-bond donors (Lipinski definition) is 2. The molecule has 0 saturated carbocycles. The number of benzene rings is 3. The second-order valence-corrected chi connectivity index (χ2v) is 6.30. The van der Waals surface area contributed by atoms with Gasteiger partial charge in [-0.2, -0.15) is 5.10 Å². The quantitative estimate of drug-likeness (QED) is 0.549. The van der Waals surface area contributed by atoms with Gasteiger partial charge in [0.15, 0.2) is 0 Å². The summed E-state index contributed by atoms with van der Waals surface area (Å²) in [6.45, 7) is 0.281. The smallest absolute Gasteiger partial charge is 0.226 e. The number of amides is 1. The van der Waals surface area contributed by atoms with E-state index in [0.29, 0.717) is 11.2 Å². The van der Waals surface area contributed by atoms with Gasteiger partial charge in [0, 0.05) is 24.1 Å². The second-order valence-electron chi connectivity index (χ2n) is 6.30. The molecule has 0 aliphatic carbocycles. The number of aromatic amines is 1. The zero-order valence-corrected chi connectivity index (χ0v) is 14.8. The highest BCUT2D eigenvalue weighted by Crippen LogP contribution is 2.31. The van der Waals surface area contributed by atoms with E-state index in [-0.39, 0.29) is 24.6 Å². The summed E-state index contributed by atoms with van der Waals surface area (Å²) in [6.07, 6.45) is 0.164. The maximum absolute atomic E-state index is 14.3. The standard InChI is InChI=1S/C21H18FN3O2/c1-27-9-8-20(26)23-19-11-16-18(12-17(19)22)24-25-21(16)15-7-6-13-4-2-3-5-14(13)10-15/h2-7,10-12H,8-9H2,1H3,(H,23,26)(H,24,25). The van der Waals surface area contributed by atoms with Crippen LogP contribution in [0.4, 0.5) is 10.1 Å². The minimum Gasteiger partial charge on any atom is -0.384 e. The van der Waals surface area contributed by atoms with Crippen LogP contribution in [-0.4, -0.2) is 29.8 Å². The van der Waals surface area contributed by atoms with Crippen molar-refractivity contribution in [3.8, 4) is 11.3 Å². The van der Waals surface area contributed by atoms with Gasteiger partial charge in [-0.15, -0.1) is 0 Å². The number of nitrogens with zero attached hydrogens (tertiary/aromatic N) is 1. The van der Waals surface area contributed by atoms with Crippen molar-refractivity contribution in [1.82, 2.24) is 10.2 Å². The lowest BCUT2D eigenvalue weighted by molar-refractivity contribution is -0.117. The van der Waals surface area contributed by atoms with Crippen LogP contribution in [0.3, 0.4) is 0 Å². The summed E-state index contributed by atoms with van der Waals surface area (Å²) >= 11 is 0. The predicted octanol–water partition coefficient (Wildman–Crippen LogP) is 4.50. The van der Waals surface area contributed by atoms with Gasteiger partial charge in [-0.05, 0) is 22.9 Å². The van der Waals surface area contributed by atoms with Gasteiger partial charge in [-0.3, -0.25) is 9.89 Å². The number of hydrogen-bond acceptors (Lipinski definition) is 3. The van der Waals surface area contributed by atoms with E-state index in [2.05, 4.69) is 15.5 Å². The molecule has 0 fully saturated rings. The number of ether oxygens (including phenoxy) is 1. The first kappa shape index (κ1) is 17.2. The highest BCUT2D eigenvalue weighted by molar-refractivity contribution is 6.00. The molecule has 1 aromatic heterocycles. The lowest BCUT2D eigenvalue weighted by Crippen LogP contribution is -2.14. The van der Waals surface area contributed by atoms with Gasteiger partial charge in [0.2, 0.25) is 5.91 Å². The van der Waals surface area contributed by atoms with Gasteiger partial charge in [0.05, 0.1) is 29.9 Å². The fourth-order valence-corrected chi connectivity index (χ4v) is 3.10. The molecule has 0 saturated heterocycles. The summed E-state index contributed by atoms with van der Waals surface area (Å²) in [6, 6.07) is 17.1. The molecule has 6 heteroatoms. The van der Waals surface area contributed by atoms with Crippen LogP contribution < -0.4 is 5.32 Å². The van der Waals surface area contributed by atoms with Crippen LogP contribution in [0.15, 0.2) is 54.6 Å². The number of methoxy groups -OCH3 is 1. The van der Waals surface area contributed by atoms with Crippen molar-refractivity contribution in [2.75, 3.05) is 19.0 Å². The molecule has 0 bridgehead atoms. The maximum atomic E-state index is 14.3. The SMILES string of the molecule is COCCC(=O)Nc1cc2c(-c3ccc4ccccc4c3)n[nH]c2cc1F. The Morgan fingerprint density at radius 3 is 2.78 bits per heavy atom. The first-order chi connectivity index (χ1) is 13.2. The predicted molar refractivity (Wildman–Crippen MR) is 104 cm³/mol. The lowest BCUT2D eigenvalue weighted by atomic mass is 10.0. The molecule has 3 aromatic carbocycles. The number of H-pyrrole nitrogens is 1. The Morgan fingerprint density at radius 1 is 1.15 bits per heavy atom. The van der Waals surface area contributed by atoms with Crippen LogP contribution >= 0.6 is 0 Å². The summed E-state index contributed by atoms with van der Waals surface area (Å²) in [5, 5.41) is 12.8. The van der Waals surface area contributed by atoms with E-state index in [1.54, 1.807) is 6.07 Å². The minimum absolute atomic E-state index is 0.132. The topological polar surface area (TPSA) is 67.0 Å². The average Bonchev–Trinajstić information content (AvgIpc) is 3.08. The summed E-state index contributed by atoms with van der Waals surface area (Å²) in [7, 11) is 1.52. The third kappa shape index (κ3) is 3.39. The Bertz CT molecular complexity index is 1140. The van der Waals surface area contributed by atoms with Crippen LogP contribution in [0.1, 0.15) is 6.42 Å². The molecule has 2 N–H and O–H groups in total. The van der Waals surface area contributed by atoms with Crippen LogP contribution in [-0.2, 0) is 9.53 Å². The molecule has 0 spiro atoms. The van der Waals surface area contributed by atoms with E-state index in [0.717, 1.165) is 21.7 Å². The van der Waals surface area contributed by atoms with Gasteiger partial charge in [0.1, 0.15) is 5.82 Å². The molecule has 0 unspecified atom stereocenters. The highest BCUT2D eigenvalue weighted by Gasteiger charge is 2.14. The van der Waals surface area contributed by atoms with Gasteiger partial charge >= 0.3 is 0 Å². The van der Waals surface area contributed by atoms with E-state index in [4.69, 9.17) is 4.74 Å². The van der Waals surface area contributed by atoms with E-state index < -0.39 is 5.82 Å². The van der Waals surface area contributed by atoms with E-state index in [1.165, 1.54) is 13.2 Å². The van der Waals surface area contributed by atoms with Crippen LogP contribution in [0.25, 0.3) is 32.9 Å². The summed E-state index contributed by atoms with van der Waals surface area (Å²) in [5.74, 6) is -0.812. The molecule has 4 aromatic rings. The number of rotatable bonds is 5. The van der Waals surface area contributed by atoms with Gasteiger partial charge < -0.3 is 10.1 Å². The van der Waals surface area contributed by atoms with Crippen molar-refractivity contribution in [1.29, 1.82) is 0 Å². The van der Waals surface area contributed by atoms with Crippen molar-refractivity contribution in [3.63, 3.8) is 0 Å². The number of anilines is 1. The molecule has 27 heavy (non-hydrogen) atoms. The number of carbonyl (C=O) groups excluding carboxylic acids is 1. The number of nitrogens with one attached hydrogen (secondary N) is 2. The molecule has 0 aliphatic rings. The zero-order chi connectivity index (χ0) is 18.8. The van der Waals surface area contributed by atoms with E-state index in [1.807, 2.05) is 42.5 Å². The average molecular weight is 363 g/mol. The largest absolute Gasteiger partial charge is 0.384 e. The highest BCUT2D eigenvalue weighted by atomic mass is 19.1.